The van der Waals surface area contributed by atoms with E-state index in [1.807, 2.05) is 0 Å². The molecule has 4 aromatic rings. The highest BCUT2D eigenvalue weighted by Gasteiger charge is 2.25. The van der Waals surface area contributed by atoms with Gasteiger partial charge in [-0.2, -0.15) is 0 Å². The van der Waals surface area contributed by atoms with Gasteiger partial charge in [-0.25, -0.2) is 9.59 Å². The Labute approximate surface area is 119 Å². The minimum atomic E-state index is -1.02. The first-order chi connectivity index (χ1) is 10.4. The van der Waals surface area contributed by atoms with Crippen LogP contribution in [-0.2, 0) is 0 Å². The number of aromatic hydroxyl groups is 4. The number of hydrogen-bond acceptors (Lipinski definition) is 8. The molecule has 2 heterocycles. The monoisotopic (exact) mass is 302 g/mol. The molecule has 8 nitrogen and oxygen atoms in total. The Bertz CT molecular complexity index is 1200. The quantitative estimate of drug-likeness (QED) is 0.216. The first-order valence-corrected chi connectivity index (χ1v) is 6.02. The van der Waals surface area contributed by atoms with Crippen molar-refractivity contribution in [3.8, 4) is 23.0 Å². The van der Waals surface area contributed by atoms with E-state index in [4.69, 9.17) is 8.83 Å². The van der Waals surface area contributed by atoms with Gasteiger partial charge in [-0.15, -0.1) is 0 Å². The summed E-state index contributed by atoms with van der Waals surface area (Å²) < 4.78 is 9.87. The minimum absolute atomic E-state index is 0.0395. The van der Waals surface area contributed by atoms with Crippen molar-refractivity contribution in [2.24, 2.45) is 0 Å². The smallest absolute Gasteiger partial charge is 0.348 e. The van der Waals surface area contributed by atoms with Crippen LogP contribution in [0.4, 0.5) is 0 Å². The van der Waals surface area contributed by atoms with Gasteiger partial charge >= 0.3 is 11.3 Å². The summed E-state index contributed by atoms with van der Waals surface area (Å²) in [7, 11) is 0. The van der Waals surface area contributed by atoms with Crippen molar-refractivity contribution in [1.29, 1.82) is 0 Å². The van der Waals surface area contributed by atoms with Crippen LogP contribution in [0.5, 0.6) is 23.0 Å². The van der Waals surface area contributed by atoms with Crippen molar-refractivity contribution in [3.05, 3.63) is 33.0 Å². The molecule has 0 amide bonds. The molecule has 0 fully saturated rings. The normalized spacial score (nSPS) is 11.8. The molecule has 4 N–H and O–H groups in total. The van der Waals surface area contributed by atoms with E-state index >= 15 is 0 Å². The maximum atomic E-state index is 12.0. The van der Waals surface area contributed by atoms with Crippen LogP contribution in [0.3, 0.4) is 0 Å². The third kappa shape index (κ3) is 1.26. The number of hydrogen-bond donors (Lipinski definition) is 4. The summed E-state index contributed by atoms with van der Waals surface area (Å²) >= 11 is 0. The highest BCUT2D eigenvalue weighted by atomic mass is 16.4. The zero-order valence-electron chi connectivity index (χ0n) is 10.6. The highest BCUT2D eigenvalue weighted by molar-refractivity contribution is 6.22. The molecular formula is C14H6O8. The van der Waals surface area contributed by atoms with Gasteiger partial charge in [0.1, 0.15) is 11.1 Å². The van der Waals surface area contributed by atoms with Gasteiger partial charge in [-0.1, -0.05) is 0 Å². The standard InChI is InChI=1S/C14H6O8/c15-4-2-6(17)11-9-7-3(13(19)21-11)1-5(16)10(18)12(7)22-14(20)8(4)9/h1-2,15-18H. The molecule has 0 bridgehead atoms. The molecular weight excluding hydrogens is 296 g/mol. The van der Waals surface area contributed by atoms with Gasteiger partial charge < -0.3 is 29.3 Å². The zero-order chi connectivity index (χ0) is 15.8. The molecule has 0 aliphatic carbocycles. The fourth-order valence-electron chi connectivity index (χ4n) is 2.62. The average Bonchev–Trinajstić information content (AvgIpc) is 2.45. The van der Waals surface area contributed by atoms with E-state index in [-0.39, 0.29) is 27.1 Å². The lowest BCUT2D eigenvalue weighted by atomic mass is 10.0. The van der Waals surface area contributed by atoms with Crippen molar-refractivity contribution >= 4 is 32.7 Å². The molecule has 0 aliphatic heterocycles. The number of benzene rings is 2. The summed E-state index contributed by atoms with van der Waals surface area (Å²) in [4.78, 5) is 24.0. The molecule has 4 rings (SSSR count). The summed E-state index contributed by atoms with van der Waals surface area (Å²) in [5.41, 5.74) is -2.70. The van der Waals surface area contributed by atoms with Crippen molar-refractivity contribution in [2.45, 2.75) is 0 Å². The van der Waals surface area contributed by atoms with Crippen LogP contribution in [0.15, 0.2) is 30.6 Å². The first-order valence-electron chi connectivity index (χ1n) is 6.02. The summed E-state index contributed by atoms with van der Waals surface area (Å²) in [5, 5.41) is 38.6. The maximum Gasteiger partial charge on any atom is 0.348 e. The van der Waals surface area contributed by atoms with E-state index < -0.39 is 39.8 Å². The van der Waals surface area contributed by atoms with Gasteiger partial charge in [0.2, 0.25) is 5.75 Å². The largest absolute Gasteiger partial charge is 0.507 e. The summed E-state index contributed by atoms with van der Waals surface area (Å²) in [6.45, 7) is 0. The molecule has 0 radical (unpaired) electrons. The van der Waals surface area contributed by atoms with Crippen LogP contribution in [-0.4, -0.2) is 20.4 Å². The predicted octanol–water partition coefficient (Wildman–Crippen LogP) is 1.31. The molecule has 110 valence electrons. The van der Waals surface area contributed by atoms with Gasteiger partial charge in [0.25, 0.3) is 0 Å². The van der Waals surface area contributed by atoms with E-state index in [1.54, 1.807) is 0 Å². The summed E-state index contributed by atoms with van der Waals surface area (Å²) in [6, 6.07) is 1.79. The fourth-order valence-corrected chi connectivity index (χ4v) is 2.62. The van der Waals surface area contributed by atoms with Gasteiger partial charge in [-0.3, -0.25) is 0 Å². The van der Waals surface area contributed by atoms with Crippen LogP contribution in [0.1, 0.15) is 0 Å². The molecule has 22 heavy (non-hydrogen) atoms. The predicted molar refractivity (Wildman–Crippen MR) is 73.9 cm³/mol. The lowest BCUT2D eigenvalue weighted by Gasteiger charge is -2.11. The third-order valence-corrected chi connectivity index (χ3v) is 3.54. The minimum Gasteiger partial charge on any atom is -0.507 e. The van der Waals surface area contributed by atoms with E-state index in [0.29, 0.717) is 0 Å². The summed E-state index contributed by atoms with van der Waals surface area (Å²) in [6.07, 6.45) is 0. The SMILES string of the molecule is O=c1oc2c(O)cc(O)c3c(=O)oc4c(O)c(O)cc1c4c23. The molecule has 0 unspecified atom stereocenters. The Kier molecular flexibility index (Phi) is 2.02. The van der Waals surface area contributed by atoms with Gasteiger partial charge in [0.15, 0.2) is 22.7 Å². The Balaban J connectivity index is 2.58. The first kappa shape index (κ1) is 12.3. The van der Waals surface area contributed by atoms with Crippen molar-refractivity contribution in [1.82, 2.24) is 0 Å². The van der Waals surface area contributed by atoms with E-state index in [2.05, 4.69) is 0 Å². The van der Waals surface area contributed by atoms with Gasteiger partial charge in [0.05, 0.1) is 10.8 Å². The average molecular weight is 302 g/mol. The number of phenolic OH excluding ortho intramolecular Hbond substituents is 4. The molecule has 8 heteroatoms. The van der Waals surface area contributed by atoms with Gasteiger partial charge in [-0.05, 0) is 6.07 Å². The van der Waals surface area contributed by atoms with Crippen LogP contribution in [0, 0.1) is 0 Å². The van der Waals surface area contributed by atoms with E-state index in [0.717, 1.165) is 12.1 Å². The van der Waals surface area contributed by atoms with Crippen LogP contribution in [0.25, 0.3) is 32.7 Å². The van der Waals surface area contributed by atoms with E-state index in [1.165, 1.54) is 0 Å². The number of rotatable bonds is 0. The fraction of sp³-hybridized carbons (Fsp3) is 0. The molecule has 0 atom stereocenters. The zero-order valence-corrected chi connectivity index (χ0v) is 10.6. The van der Waals surface area contributed by atoms with Crippen LogP contribution < -0.4 is 11.3 Å². The Morgan fingerprint density at radius 3 is 2.09 bits per heavy atom. The Morgan fingerprint density at radius 2 is 1.36 bits per heavy atom. The second-order valence-corrected chi connectivity index (χ2v) is 4.77. The van der Waals surface area contributed by atoms with Crippen molar-refractivity contribution < 1.29 is 29.3 Å². The summed E-state index contributed by atoms with van der Waals surface area (Å²) in [5.74, 6) is -2.53. The number of phenols is 4. The highest BCUT2D eigenvalue weighted by Crippen LogP contribution is 2.44. The van der Waals surface area contributed by atoms with Gasteiger partial charge in [0, 0.05) is 11.5 Å². The molecule has 2 aromatic heterocycles. The molecule has 0 aliphatic rings. The molecule has 2 aromatic carbocycles. The topological polar surface area (TPSA) is 141 Å². The third-order valence-electron chi connectivity index (χ3n) is 3.54. The van der Waals surface area contributed by atoms with Crippen molar-refractivity contribution in [2.75, 3.05) is 0 Å². The molecule has 0 spiro atoms. The van der Waals surface area contributed by atoms with E-state index in [9.17, 15) is 30.0 Å². The Hall–Kier alpha value is -3.42. The molecule has 0 saturated heterocycles. The molecule has 0 saturated carbocycles. The second kappa shape index (κ2) is 3.61. The van der Waals surface area contributed by atoms with Crippen LogP contribution >= 0.6 is 0 Å². The van der Waals surface area contributed by atoms with Crippen LogP contribution in [0.2, 0.25) is 0 Å². The Morgan fingerprint density at radius 1 is 0.682 bits per heavy atom. The lowest BCUT2D eigenvalue weighted by molar-refractivity contribution is 0.398. The van der Waals surface area contributed by atoms with Crippen molar-refractivity contribution in [3.63, 3.8) is 0 Å². The maximum absolute atomic E-state index is 12.0. The second-order valence-electron chi connectivity index (χ2n) is 4.77. The lowest BCUT2D eigenvalue weighted by Crippen LogP contribution is -2.06.